The molecule has 1 N–H and O–H groups in total. The first-order valence-corrected chi connectivity index (χ1v) is 6.03. The van der Waals surface area contributed by atoms with Crippen LogP contribution in [0.5, 0.6) is 0 Å². The molecule has 0 fully saturated rings. The van der Waals surface area contributed by atoms with Crippen LogP contribution in [-0.4, -0.2) is 35.9 Å². The second-order valence-corrected chi connectivity index (χ2v) is 4.14. The number of carbonyl (C=O) groups excluding carboxylic acids is 1. The second kappa shape index (κ2) is 7.29. The van der Waals surface area contributed by atoms with Gasteiger partial charge in [0, 0.05) is 26.5 Å². The molecule has 0 spiro atoms. The Morgan fingerprint density at radius 3 is 3.00 bits per heavy atom. The van der Waals surface area contributed by atoms with Gasteiger partial charge in [-0.2, -0.15) is 5.10 Å². The van der Waals surface area contributed by atoms with Crippen LogP contribution in [-0.2, 0) is 9.53 Å². The smallest absolute Gasteiger partial charge is 0.244 e. The van der Waals surface area contributed by atoms with Crippen LogP contribution in [0.3, 0.4) is 0 Å². The van der Waals surface area contributed by atoms with Crippen LogP contribution in [0.2, 0.25) is 5.02 Å². The zero-order chi connectivity index (χ0) is 12.7. The second-order valence-electron chi connectivity index (χ2n) is 3.70. The molecule has 17 heavy (non-hydrogen) atoms. The lowest BCUT2D eigenvalue weighted by atomic mass is 10.2. The summed E-state index contributed by atoms with van der Waals surface area (Å²) in [5.41, 5.74) is 0. The average molecular weight is 260 g/mol. The lowest BCUT2D eigenvalue weighted by Crippen LogP contribution is -2.33. The summed E-state index contributed by atoms with van der Waals surface area (Å²) in [7, 11) is 1.64. The Morgan fingerprint density at radius 2 is 2.47 bits per heavy atom. The summed E-state index contributed by atoms with van der Waals surface area (Å²) in [6.07, 6.45) is 4.67. The third-order valence-corrected chi connectivity index (χ3v) is 2.60. The molecule has 0 saturated heterocycles. The first-order chi connectivity index (χ1) is 8.19. The van der Waals surface area contributed by atoms with Crippen molar-refractivity contribution in [2.75, 3.05) is 20.3 Å². The fourth-order valence-electron chi connectivity index (χ4n) is 1.52. The molecule has 1 rings (SSSR count). The minimum Gasteiger partial charge on any atom is -0.385 e. The third kappa shape index (κ3) is 4.36. The maximum absolute atomic E-state index is 11.9. The predicted octanol–water partition coefficient (Wildman–Crippen LogP) is 1.64. The van der Waals surface area contributed by atoms with Gasteiger partial charge in [-0.25, -0.2) is 0 Å². The number of hydrogen-bond donors (Lipinski definition) is 1. The van der Waals surface area contributed by atoms with Crippen molar-refractivity contribution in [3.63, 3.8) is 0 Å². The monoisotopic (exact) mass is 259 g/mol. The van der Waals surface area contributed by atoms with Crippen molar-refractivity contribution in [1.82, 2.24) is 15.1 Å². The zero-order valence-corrected chi connectivity index (χ0v) is 10.9. The van der Waals surface area contributed by atoms with Crippen LogP contribution in [0.4, 0.5) is 0 Å². The number of nitrogens with one attached hydrogen (secondary N) is 1. The minimum absolute atomic E-state index is 0.0385. The van der Waals surface area contributed by atoms with Crippen LogP contribution in [0.1, 0.15) is 25.8 Å². The van der Waals surface area contributed by atoms with Gasteiger partial charge < -0.3 is 10.1 Å². The average Bonchev–Trinajstić information content (AvgIpc) is 2.72. The summed E-state index contributed by atoms with van der Waals surface area (Å²) in [6.45, 7) is 3.19. The molecule has 6 heteroatoms. The highest BCUT2D eigenvalue weighted by Crippen LogP contribution is 2.14. The van der Waals surface area contributed by atoms with Gasteiger partial charge in [0.25, 0.3) is 0 Å². The van der Waals surface area contributed by atoms with Crippen molar-refractivity contribution >= 4 is 17.5 Å². The molecule has 0 aliphatic rings. The van der Waals surface area contributed by atoms with E-state index in [1.165, 1.54) is 6.20 Å². The Balaban J connectivity index is 2.47. The third-order valence-electron chi connectivity index (χ3n) is 2.40. The van der Waals surface area contributed by atoms with Gasteiger partial charge in [0.1, 0.15) is 6.04 Å². The fraction of sp³-hybridized carbons (Fsp3) is 0.636. The number of aromatic nitrogens is 2. The molecule has 0 aliphatic heterocycles. The molecule has 0 bridgehead atoms. The van der Waals surface area contributed by atoms with Gasteiger partial charge in [0.05, 0.1) is 11.2 Å². The summed E-state index contributed by atoms with van der Waals surface area (Å²) in [4.78, 5) is 11.9. The number of ether oxygens (including phenoxy) is 1. The quantitative estimate of drug-likeness (QED) is 0.758. The largest absolute Gasteiger partial charge is 0.385 e. The van der Waals surface area contributed by atoms with Gasteiger partial charge in [-0.15, -0.1) is 0 Å². The number of nitrogens with zero attached hydrogens (tertiary/aromatic N) is 2. The Labute approximate surface area is 106 Å². The summed E-state index contributed by atoms with van der Waals surface area (Å²) in [6, 6.07) is -0.301. The van der Waals surface area contributed by atoms with Crippen molar-refractivity contribution in [2.45, 2.75) is 25.8 Å². The fourth-order valence-corrected chi connectivity index (χ4v) is 1.67. The summed E-state index contributed by atoms with van der Waals surface area (Å²) in [5.74, 6) is -0.0385. The van der Waals surface area contributed by atoms with E-state index in [2.05, 4.69) is 10.4 Å². The molecule has 0 aromatic carbocycles. The number of amides is 1. The van der Waals surface area contributed by atoms with Gasteiger partial charge in [-0.1, -0.05) is 18.5 Å². The van der Waals surface area contributed by atoms with Crippen molar-refractivity contribution in [1.29, 1.82) is 0 Å². The molecule has 1 aromatic heterocycles. The molecule has 1 amide bonds. The summed E-state index contributed by atoms with van der Waals surface area (Å²) in [5, 5.41) is 7.44. The van der Waals surface area contributed by atoms with Crippen LogP contribution < -0.4 is 5.32 Å². The van der Waals surface area contributed by atoms with E-state index in [1.807, 2.05) is 6.92 Å². The number of halogens is 1. The van der Waals surface area contributed by atoms with Crippen LogP contribution >= 0.6 is 11.6 Å². The molecular formula is C11H18ClN3O2. The molecule has 1 aromatic rings. The van der Waals surface area contributed by atoms with Crippen molar-refractivity contribution < 1.29 is 9.53 Å². The van der Waals surface area contributed by atoms with Crippen LogP contribution in [0, 0.1) is 0 Å². The van der Waals surface area contributed by atoms with Crippen molar-refractivity contribution in [2.24, 2.45) is 0 Å². The standard InChI is InChI=1S/C11H18ClN3O2/c1-3-10(15-8-9(12)7-14-15)11(16)13-5-4-6-17-2/h7-8,10H,3-6H2,1-2H3,(H,13,16). The lowest BCUT2D eigenvalue weighted by Gasteiger charge is -2.15. The molecule has 96 valence electrons. The van der Waals surface area contributed by atoms with Crippen LogP contribution in [0.15, 0.2) is 12.4 Å². The number of hydrogen-bond acceptors (Lipinski definition) is 3. The van der Waals surface area contributed by atoms with E-state index in [0.29, 0.717) is 24.6 Å². The van der Waals surface area contributed by atoms with E-state index in [4.69, 9.17) is 16.3 Å². The Hall–Kier alpha value is -1.07. The van der Waals surface area contributed by atoms with Gasteiger partial charge in [-0.05, 0) is 12.8 Å². The molecule has 0 saturated carbocycles. The highest BCUT2D eigenvalue weighted by molar-refractivity contribution is 6.30. The molecule has 0 radical (unpaired) electrons. The highest BCUT2D eigenvalue weighted by Gasteiger charge is 2.18. The normalized spacial score (nSPS) is 12.4. The Kier molecular flexibility index (Phi) is 6.00. The van der Waals surface area contributed by atoms with Gasteiger partial charge in [0.2, 0.25) is 5.91 Å². The first kappa shape index (κ1) is 14.0. The topological polar surface area (TPSA) is 56.1 Å². The first-order valence-electron chi connectivity index (χ1n) is 5.65. The maximum atomic E-state index is 11.9. The molecular weight excluding hydrogens is 242 g/mol. The minimum atomic E-state index is -0.301. The Morgan fingerprint density at radius 1 is 1.71 bits per heavy atom. The number of carbonyl (C=O) groups is 1. The van der Waals surface area contributed by atoms with E-state index in [1.54, 1.807) is 18.0 Å². The Bertz CT molecular complexity index is 354. The lowest BCUT2D eigenvalue weighted by molar-refractivity contribution is -0.124. The van der Waals surface area contributed by atoms with E-state index in [0.717, 1.165) is 6.42 Å². The molecule has 1 heterocycles. The maximum Gasteiger partial charge on any atom is 0.244 e. The number of methoxy groups -OCH3 is 1. The van der Waals surface area contributed by atoms with E-state index >= 15 is 0 Å². The highest BCUT2D eigenvalue weighted by atomic mass is 35.5. The van der Waals surface area contributed by atoms with Gasteiger partial charge in [0.15, 0.2) is 0 Å². The molecule has 1 unspecified atom stereocenters. The number of rotatable bonds is 7. The van der Waals surface area contributed by atoms with Gasteiger partial charge in [-0.3, -0.25) is 9.48 Å². The zero-order valence-electron chi connectivity index (χ0n) is 10.1. The molecule has 5 nitrogen and oxygen atoms in total. The SMILES string of the molecule is CCC(C(=O)NCCCOC)n1cc(Cl)cn1. The summed E-state index contributed by atoms with van der Waals surface area (Å²) >= 11 is 5.78. The molecule has 1 atom stereocenters. The predicted molar refractivity (Wildman–Crippen MR) is 66.1 cm³/mol. The van der Waals surface area contributed by atoms with Gasteiger partial charge >= 0.3 is 0 Å². The van der Waals surface area contributed by atoms with Crippen molar-refractivity contribution in [3.8, 4) is 0 Å². The van der Waals surface area contributed by atoms with Crippen molar-refractivity contribution in [3.05, 3.63) is 17.4 Å². The van der Waals surface area contributed by atoms with E-state index < -0.39 is 0 Å². The summed E-state index contributed by atoms with van der Waals surface area (Å²) < 4.78 is 6.50. The molecule has 0 aliphatic carbocycles. The van der Waals surface area contributed by atoms with E-state index in [-0.39, 0.29) is 11.9 Å². The van der Waals surface area contributed by atoms with E-state index in [9.17, 15) is 4.79 Å². The van der Waals surface area contributed by atoms with Crippen LogP contribution in [0.25, 0.3) is 0 Å².